The number of likely N-dealkylation sites (tertiary alicyclic amines) is 1. The highest BCUT2D eigenvalue weighted by Gasteiger charge is 2.39. The number of likely N-dealkylation sites (N-methyl/N-ethyl adjacent to an activating group) is 1. The van der Waals surface area contributed by atoms with Gasteiger partial charge in [-0.15, -0.1) is 12.4 Å². The lowest BCUT2D eigenvalue weighted by atomic mass is 9.88. The predicted molar refractivity (Wildman–Crippen MR) is 110 cm³/mol. The van der Waals surface area contributed by atoms with Gasteiger partial charge in [-0.2, -0.15) is 13.2 Å². The molecule has 3 rings (SSSR count). The summed E-state index contributed by atoms with van der Waals surface area (Å²) in [5, 5.41) is 10.8. The number of nitro groups is 1. The summed E-state index contributed by atoms with van der Waals surface area (Å²) in [4.78, 5) is 26.5. The topological polar surface area (TPSA) is 75.9 Å². The summed E-state index contributed by atoms with van der Waals surface area (Å²) in [5.41, 5.74) is -2.44. The molecule has 11 heteroatoms. The van der Waals surface area contributed by atoms with Crippen LogP contribution in [0.2, 0.25) is 0 Å². The van der Waals surface area contributed by atoms with Crippen molar-refractivity contribution in [2.75, 3.05) is 26.7 Å². The van der Waals surface area contributed by atoms with E-state index in [9.17, 15) is 28.1 Å². The molecule has 7 nitrogen and oxygen atoms in total. The van der Waals surface area contributed by atoms with Gasteiger partial charge in [-0.1, -0.05) is 12.8 Å². The van der Waals surface area contributed by atoms with Crippen molar-refractivity contribution in [2.45, 2.75) is 56.8 Å². The molecular formula is C20H27ClF3N3O4. The average Bonchev–Trinajstić information content (AvgIpc) is 3.25. The first-order chi connectivity index (χ1) is 14.2. The number of ether oxygens (including phenoxy) is 1. The van der Waals surface area contributed by atoms with E-state index in [4.69, 9.17) is 4.74 Å². The predicted octanol–water partition coefficient (Wildman–Crippen LogP) is 4.28. The Bertz CT molecular complexity index is 787. The Morgan fingerprint density at radius 3 is 2.48 bits per heavy atom. The van der Waals surface area contributed by atoms with Gasteiger partial charge in [-0.3, -0.25) is 19.8 Å². The van der Waals surface area contributed by atoms with Crippen molar-refractivity contribution in [3.05, 3.63) is 33.9 Å². The lowest BCUT2D eigenvalue weighted by molar-refractivity contribution is -0.388. The number of nitrogens with zero attached hydrogens (tertiary/aromatic N) is 3. The molecule has 0 N–H and O–H groups in total. The quantitative estimate of drug-likeness (QED) is 0.463. The van der Waals surface area contributed by atoms with E-state index < -0.39 is 29.0 Å². The minimum Gasteiger partial charge on any atom is -0.484 e. The molecule has 0 bridgehead atoms. The molecule has 1 aromatic rings. The maximum atomic E-state index is 13.1. The zero-order chi connectivity index (χ0) is 21.9. The van der Waals surface area contributed by atoms with E-state index in [1.807, 2.05) is 0 Å². The Labute approximate surface area is 185 Å². The smallest absolute Gasteiger partial charge is 0.423 e. The highest BCUT2D eigenvalue weighted by atomic mass is 35.5. The Morgan fingerprint density at radius 1 is 1.23 bits per heavy atom. The summed E-state index contributed by atoms with van der Waals surface area (Å²) < 4.78 is 44.6. The van der Waals surface area contributed by atoms with Crippen LogP contribution in [0, 0.1) is 10.1 Å². The average molecular weight is 466 g/mol. The molecule has 2 aliphatic rings. The van der Waals surface area contributed by atoms with Crippen molar-refractivity contribution < 1.29 is 27.6 Å². The summed E-state index contributed by atoms with van der Waals surface area (Å²) in [6.45, 7) is 1.64. The van der Waals surface area contributed by atoms with E-state index >= 15 is 0 Å². The van der Waals surface area contributed by atoms with E-state index in [2.05, 4.69) is 4.90 Å². The Morgan fingerprint density at radius 2 is 1.87 bits per heavy atom. The molecule has 1 amide bonds. The third-order valence-electron chi connectivity index (χ3n) is 6.03. The number of hydrogen-bond acceptors (Lipinski definition) is 5. The second kappa shape index (κ2) is 10.5. The standard InChI is InChI=1S/C20H26F3N3O4.ClH/c1-24(17-6-2-3-7-18(17)25-10-4-5-11-25)19(27)13-30-14-8-9-16(26(28)29)15(12-14)20(21,22)23;/h8-9,12,17-18H,2-7,10-11,13H2,1H3;1H/t17-,18-;/m1./s1. The van der Waals surface area contributed by atoms with Crippen LogP contribution in [-0.2, 0) is 11.0 Å². The second-order valence-electron chi connectivity index (χ2n) is 7.89. The summed E-state index contributed by atoms with van der Waals surface area (Å²) in [6, 6.07) is 2.74. The lowest BCUT2D eigenvalue weighted by Crippen LogP contribution is -2.53. The van der Waals surface area contributed by atoms with E-state index in [1.54, 1.807) is 11.9 Å². The normalized spacial score (nSPS) is 21.9. The summed E-state index contributed by atoms with van der Waals surface area (Å²) in [7, 11) is 1.71. The third kappa shape index (κ3) is 6.00. The zero-order valence-electron chi connectivity index (χ0n) is 17.3. The highest BCUT2D eigenvalue weighted by molar-refractivity contribution is 5.85. The van der Waals surface area contributed by atoms with Crippen molar-refractivity contribution in [2.24, 2.45) is 0 Å². The number of benzene rings is 1. The summed E-state index contributed by atoms with van der Waals surface area (Å²) in [6.07, 6.45) is 1.49. The number of carbonyl (C=O) groups is 1. The lowest BCUT2D eigenvalue weighted by Gasteiger charge is -2.42. The third-order valence-corrected chi connectivity index (χ3v) is 6.03. The van der Waals surface area contributed by atoms with Gasteiger partial charge < -0.3 is 9.64 Å². The minimum atomic E-state index is -4.90. The molecule has 2 atom stereocenters. The van der Waals surface area contributed by atoms with Crippen LogP contribution in [-0.4, -0.2) is 59.5 Å². The van der Waals surface area contributed by atoms with Crippen LogP contribution in [0.4, 0.5) is 18.9 Å². The molecule has 1 aromatic carbocycles. The van der Waals surface area contributed by atoms with E-state index in [0.29, 0.717) is 12.1 Å². The second-order valence-corrected chi connectivity index (χ2v) is 7.89. The van der Waals surface area contributed by atoms with Crippen LogP contribution >= 0.6 is 12.4 Å². The van der Waals surface area contributed by atoms with Crippen LogP contribution in [0.5, 0.6) is 5.75 Å². The van der Waals surface area contributed by atoms with Gasteiger partial charge in [0, 0.05) is 25.2 Å². The van der Waals surface area contributed by atoms with Crippen molar-refractivity contribution >= 4 is 24.0 Å². The van der Waals surface area contributed by atoms with Crippen molar-refractivity contribution in [1.29, 1.82) is 0 Å². The van der Waals surface area contributed by atoms with Crippen LogP contribution in [0.15, 0.2) is 18.2 Å². The fraction of sp³-hybridized carbons (Fsp3) is 0.650. The summed E-state index contributed by atoms with van der Waals surface area (Å²) in [5.74, 6) is -0.549. The van der Waals surface area contributed by atoms with Crippen LogP contribution in [0.3, 0.4) is 0 Å². The molecular weight excluding hydrogens is 439 g/mol. The SMILES string of the molecule is CN(C(=O)COc1ccc([N+](=O)[O-])c(C(F)(F)F)c1)[C@@H]1CCCC[C@H]1N1CCCC1.Cl. The highest BCUT2D eigenvalue weighted by Crippen LogP contribution is 2.38. The molecule has 1 aliphatic heterocycles. The fourth-order valence-corrected chi connectivity index (χ4v) is 4.47. The van der Waals surface area contributed by atoms with Gasteiger partial charge in [-0.25, -0.2) is 0 Å². The van der Waals surface area contributed by atoms with E-state index in [0.717, 1.165) is 63.7 Å². The Balaban J connectivity index is 0.00000341. The van der Waals surface area contributed by atoms with Crippen LogP contribution in [0.25, 0.3) is 0 Å². The molecule has 1 saturated heterocycles. The van der Waals surface area contributed by atoms with Gasteiger partial charge in [0.25, 0.3) is 11.6 Å². The molecule has 1 saturated carbocycles. The van der Waals surface area contributed by atoms with Gasteiger partial charge in [0.05, 0.1) is 4.92 Å². The van der Waals surface area contributed by atoms with Gasteiger partial charge in [0.15, 0.2) is 6.61 Å². The maximum absolute atomic E-state index is 13.1. The van der Waals surface area contributed by atoms with Crippen molar-refractivity contribution in [3.63, 3.8) is 0 Å². The van der Waals surface area contributed by atoms with Gasteiger partial charge in [0.1, 0.15) is 11.3 Å². The van der Waals surface area contributed by atoms with E-state index in [1.165, 1.54) is 0 Å². The molecule has 2 fully saturated rings. The largest absolute Gasteiger partial charge is 0.484 e. The van der Waals surface area contributed by atoms with Gasteiger partial charge in [0.2, 0.25) is 0 Å². The first kappa shape index (κ1) is 25.2. The molecule has 174 valence electrons. The zero-order valence-corrected chi connectivity index (χ0v) is 18.1. The monoisotopic (exact) mass is 465 g/mol. The molecule has 0 unspecified atom stereocenters. The van der Waals surface area contributed by atoms with Crippen LogP contribution < -0.4 is 4.74 Å². The minimum absolute atomic E-state index is 0. The number of rotatable bonds is 6. The van der Waals surface area contributed by atoms with Gasteiger partial charge >= 0.3 is 6.18 Å². The molecule has 0 radical (unpaired) electrons. The Hall–Kier alpha value is -2.07. The maximum Gasteiger partial charge on any atom is 0.423 e. The number of hydrogen-bond donors (Lipinski definition) is 0. The van der Waals surface area contributed by atoms with Crippen molar-refractivity contribution in [1.82, 2.24) is 9.80 Å². The van der Waals surface area contributed by atoms with Gasteiger partial charge in [-0.05, 0) is 50.9 Å². The number of nitro benzene ring substituents is 1. The van der Waals surface area contributed by atoms with Crippen molar-refractivity contribution in [3.8, 4) is 5.75 Å². The molecule has 1 heterocycles. The van der Waals surface area contributed by atoms with Crippen LogP contribution in [0.1, 0.15) is 44.1 Å². The molecule has 0 spiro atoms. The summed E-state index contributed by atoms with van der Waals surface area (Å²) >= 11 is 0. The molecule has 1 aliphatic carbocycles. The molecule has 0 aromatic heterocycles. The number of halogens is 4. The molecule has 31 heavy (non-hydrogen) atoms. The first-order valence-electron chi connectivity index (χ1n) is 10.2. The van der Waals surface area contributed by atoms with E-state index in [-0.39, 0.29) is 30.1 Å². The number of alkyl halides is 3. The first-order valence-corrected chi connectivity index (χ1v) is 10.2. The Kier molecular flexibility index (Phi) is 8.53. The number of carbonyl (C=O) groups excluding carboxylic acids is 1. The fourth-order valence-electron chi connectivity index (χ4n) is 4.47. The number of amides is 1.